The summed E-state index contributed by atoms with van der Waals surface area (Å²) in [6.07, 6.45) is 6.33. The van der Waals surface area contributed by atoms with Crippen LogP contribution in [-0.4, -0.2) is 19.6 Å². The van der Waals surface area contributed by atoms with Crippen molar-refractivity contribution in [3.8, 4) is 0 Å². The summed E-state index contributed by atoms with van der Waals surface area (Å²) < 4.78 is 0. The van der Waals surface area contributed by atoms with Crippen LogP contribution in [0.3, 0.4) is 0 Å². The molecule has 0 unspecified atom stereocenters. The highest BCUT2D eigenvalue weighted by Gasteiger charge is 2.05. The van der Waals surface area contributed by atoms with E-state index in [1.165, 1.54) is 36.9 Å². The van der Waals surface area contributed by atoms with Crippen LogP contribution in [0.1, 0.15) is 44.6 Å². The van der Waals surface area contributed by atoms with Crippen LogP contribution in [0.5, 0.6) is 0 Å². The van der Waals surface area contributed by atoms with Gasteiger partial charge in [-0.2, -0.15) is 0 Å². The van der Waals surface area contributed by atoms with Crippen molar-refractivity contribution in [2.45, 2.75) is 46.0 Å². The molecule has 0 saturated heterocycles. The number of hydrogen-bond donors (Lipinski definition) is 1. The average molecular weight is 248 g/mol. The molecule has 0 fully saturated rings. The Morgan fingerprint density at radius 2 is 1.61 bits per heavy atom. The molecule has 1 rings (SSSR count). The molecule has 18 heavy (non-hydrogen) atoms. The molecule has 0 bridgehead atoms. The van der Waals surface area contributed by atoms with Crippen LogP contribution in [0.15, 0.2) is 24.3 Å². The van der Waals surface area contributed by atoms with Crippen molar-refractivity contribution < 1.29 is 0 Å². The van der Waals surface area contributed by atoms with Gasteiger partial charge in [0.2, 0.25) is 0 Å². The third kappa shape index (κ3) is 5.54. The zero-order valence-electron chi connectivity index (χ0n) is 12.0. The summed E-state index contributed by atoms with van der Waals surface area (Å²) >= 11 is 0. The van der Waals surface area contributed by atoms with Crippen molar-refractivity contribution in [2.24, 2.45) is 5.73 Å². The predicted octanol–water partition coefficient (Wildman–Crippen LogP) is 3.73. The summed E-state index contributed by atoms with van der Waals surface area (Å²) in [7, 11) is 0. The minimum atomic E-state index is 0.775. The highest BCUT2D eigenvalue weighted by molar-refractivity contribution is 5.47. The van der Waals surface area contributed by atoms with Crippen LogP contribution in [0, 0.1) is 6.92 Å². The Bertz CT molecular complexity index is 305. The number of rotatable bonds is 9. The van der Waals surface area contributed by atoms with E-state index in [0.717, 1.165) is 26.1 Å². The van der Waals surface area contributed by atoms with Gasteiger partial charge in [0.1, 0.15) is 0 Å². The summed E-state index contributed by atoms with van der Waals surface area (Å²) in [5, 5.41) is 0. The zero-order valence-corrected chi connectivity index (χ0v) is 12.0. The second-order valence-corrected chi connectivity index (χ2v) is 5.03. The van der Waals surface area contributed by atoms with Gasteiger partial charge in [-0.3, -0.25) is 0 Å². The lowest BCUT2D eigenvalue weighted by atomic mass is 10.1. The van der Waals surface area contributed by atoms with E-state index in [4.69, 9.17) is 5.73 Å². The Balaban J connectivity index is 2.51. The van der Waals surface area contributed by atoms with Gasteiger partial charge in [0.15, 0.2) is 0 Å². The summed E-state index contributed by atoms with van der Waals surface area (Å²) in [5.41, 5.74) is 8.29. The summed E-state index contributed by atoms with van der Waals surface area (Å²) in [5.74, 6) is 0. The summed E-state index contributed by atoms with van der Waals surface area (Å²) in [6.45, 7) is 7.40. The van der Waals surface area contributed by atoms with Crippen LogP contribution in [-0.2, 0) is 0 Å². The van der Waals surface area contributed by atoms with Crippen LogP contribution < -0.4 is 10.6 Å². The maximum Gasteiger partial charge on any atom is 0.0366 e. The van der Waals surface area contributed by atoms with E-state index in [1.807, 2.05) is 0 Å². The van der Waals surface area contributed by atoms with E-state index in [-0.39, 0.29) is 0 Å². The highest BCUT2D eigenvalue weighted by Crippen LogP contribution is 2.16. The molecule has 0 amide bonds. The van der Waals surface area contributed by atoms with Gasteiger partial charge in [0.05, 0.1) is 0 Å². The lowest BCUT2D eigenvalue weighted by Gasteiger charge is -2.25. The first kappa shape index (κ1) is 15.0. The monoisotopic (exact) mass is 248 g/mol. The molecule has 2 heteroatoms. The Kier molecular flexibility index (Phi) is 7.51. The van der Waals surface area contributed by atoms with Crippen molar-refractivity contribution in [2.75, 3.05) is 24.5 Å². The summed E-state index contributed by atoms with van der Waals surface area (Å²) in [4.78, 5) is 2.47. The summed E-state index contributed by atoms with van der Waals surface area (Å²) in [6, 6.07) is 8.84. The number of hydrogen-bond acceptors (Lipinski definition) is 2. The number of anilines is 1. The number of unbranched alkanes of at least 4 members (excludes halogenated alkanes) is 3. The van der Waals surface area contributed by atoms with Gasteiger partial charge in [-0.05, 0) is 38.4 Å². The lowest BCUT2D eigenvalue weighted by Crippen LogP contribution is -2.27. The molecule has 1 aromatic rings. The fourth-order valence-electron chi connectivity index (χ4n) is 2.14. The first-order valence-electron chi connectivity index (χ1n) is 7.29. The fraction of sp³-hybridized carbons (Fsp3) is 0.625. The smallest absolute Gasteiger partial charge is 0.0366 e. The molecule has 0 aromatic heterocycles. The van der Waals surface area contributed by atoms with E-state index in [1.54, 1.807) is 0 Å². The average Bonchev–Trinajstić information content (AvgIpc) is 2.39. The van der Waals surface area contributed by atoms with Crippen LogP contribution in [0.25, 0.3) is 0 Å². The molecule has 2 nitrogen and oxygen atoms in total. The van der Waals surface area contributed by atoms with Gasteiger partial charge in [0.25, 0.3) is 0 Å². The van der Waals surface area contributed by atoms with Crippen molar-refractivity contribution >= 4 is 5.69 Å². The van der Waals surface area contributed by atoms with Gasteiger partial charge < -0.3 is 10.6 Å². The third-order valence-corrected chi connectivity index (χ3v) is 3.31. The lowest BCUT2D eigenvalue weighted by molar-refractivity contribution is 0.634. The molecule has 0 saturated carbocycles. The van der Waals surface area contributed by atoms with Crippen molar-refractivity contribution in [1.82, 2.24) is 0 Å². The number of nitrogens with two attached hydrogens (primary N) is 1. The van der Waals surface area contributed by atoms with Gasteiger partial charge in [0, 0.05) is 18.8 Å². The standard InChI is InChI=1S/C16H28N2/c1-3-4-5-6-13-18(14-7-12-17)16-10-8-15(2)9-11-16/h8-11H,3-7,12-14,17H2,1-2H3. The Labute approximate surface area is 112 Å². The molecular weight excluding hydrogens is 220 g/mol. The van der Waals surface area contributed by atoms with Gasteiger partial charge in [-0.1, -0.05) is 43.9 Å². The molecule has 0 spiro atoms. The maximum absolute atomic E-state index is 5.63. The maximum atomic E-state index is 5.63. The van der Waals surface area contributed by atoms with Gasteiger partial charge >= 0.3 is 0 Å². The third-order valence-electron chi connectivity index (χ3n) is 3.31. The first-order valence-corrected chi connectivity index (χ1v) is 7.29. The van der Waals surface area contributed by atoms with Crippen molar-refractivity contribution in [3.63, 3.8) is 0 Å². The SMILES string of the molecule is CCCCCCN(CCCN)c1ccc(C)cc1. The second-order valence-electron chi connectivity index (χ2n) is 5.03. The largest absolute Gasteiger partial charge is 0.371 e. The minimum absolute atomic E-state index is 0.775. The first-order chi connectivity index (χ1) is 8.77. The molecule has 0 atom stereocenters. The van der Waals surface area contributed by atoms with E-state index in [2.05, 4.69) is 43.0 Å². The van der Waals surface area contributed by atoms with Crippen molar-refractivity contribution in [1.29, 1.82) is 0 Å². The molecule has 0 aliphatic carbocycles. The Morgan fingerprint density at radius 1 is 0.944 bits per heavy atom. The highest BCUT2D eigenvalue weighted by atomic mass is 15.1. The van der Waals surface area contributed by atoms with E-state index < -0.39 is 0 Å². The van der Waals surface area contributed by atoms with E-state index in [9.17, 15) is 0 Å². The number of aryl methyl sites for hydroxylation is 1. The number of nitrogens with zero attached hydrogens (tertiary/aromatic N) is 1. The molecule has 2 N–H and O–H groups in total. The molecule has 0 aliphatic rings. The van der Waals surface area contributed by atoms with E-state index in [0.29, 0.717) is 0 Å². The molecule has 0 aliphatic heterocycles. The quantitative estimate of drug-likeness (QED) is 0.675. The molecule has 102 valence electrons. The topological polar surface area (TPSA) is 29.3 Å². The zero-order chi connectivity index (χ0) is 13.2. The minimum Gasteiger partial charge on any atom is -0.371 e. The van der Waals surface area contributed by atoms with Gasteiger partial charge in [-0.25, -0.2) is 0 Å². The molecular formula is C16H28N2. The van der Waals surface area contributed by atoms with Gasteiger partial charge in [-0.15, -0.1) is 0 Å². The Hall–Kier alpha value is -1.02. The molecule has 0 radical (unpaired) electrons. The van der Waals surface area contributed by atoms with E-state index >= 15 is 0 Å². The fourth-order valence-corrected chi connectivity index (χ4v) is 2.14. The Morgan fingerprint density at radius 3 is 2.22 bits per heavy atom. The molecule has 1 aromatic carbocycles. The van der Waals surface area contributed by atoms with Crippen LogP contribution in [0.2, 0.25) is 0 Å². The second kappa shape index (κ2) is 8.98. The van der Waals surface area contributed by atoms with Crippen LogP contribution >= 0.6 is 0 Å². The normalized spacial score (nSPS) is 10.6. The molecule has 0 heterocycles. The van der Waals surface area contributed by atoms with Crippen LogP contribution in [0.4, 0.5) is 5.69 Å². The predicted molar refractivity (Wildman–Crippen MR) is 81.2 cm³/mol. The van der Waals surface area contributed by atoms with Crippen molar-refractivity contribution in [3.05, 3.63) is 29.8 Å². The number of benzene rings is 1.